The molecule has 35 heavy (non-hydrogen) atoms. The van der Waals surface area contributed by atoms with Gasteiger partial charge in [-0.15, -0.1) is 0 Å². The summed E-state index contributed by atoms with van der Waals surface area (Å²) in [6.45, 7) is 4.08. The van der Waals surface area contributed by atoms with Crippen LogP contribution in [0.3, 0.4) is 0 Å². The molecule has 0 radical (unpaired) electrons. The molecule has 1 N–H and O–H groups in total. The van der Waals surface area contributed by atoms with Crippen molar-refractivity contribution in [3.8, 4) is 17.7 Å². The van der Waals surface area contributed by atoms with Gasteiger partial charge in [0, 0.05) is 12.1 Å². The van der Waals surface area contributed by atoms with Crippen LogP contribution in [-0.4, -0.2) is 22.1 Å². The Hall–Kier alpha value is -3.27. The summed E-state index contributed by atoms with van der Waals surface area (Å²) in [5, 5.41) is 20.9. The van der Waals surface area contributed by atoms with Crippen LogP contribution in [0.4, 0.5) is 0 Å². The van der Waals surface area contributed by atoms with Crippen molar-refractivity contribution in [1.29, 1.82) is 5.26 Å². The molecule has 1 heterocycles. The van der Waals surface area contributed by atoms with Crippen molar-refractivity contribution < 1.29 is 14.6 Å². The Kier molecular flexibility index (Phi) is 8.97. The molecule has 0 fully saturated rings. The lowest BCUT2D eigenvalue weighted by atomic mass is 9.97. The number of ether oxygens (including phenoxy) is 1. The molecule has 0 aliphatic heterocycles. The van der Waals surface area contributed by atoms with Crippen molar-refractivity contribution in [3.63, 3.8) is 0 Å². The predicted molar refractivity (Wildman–Crippen MR) is 137 cm³/mol. The lowest BCUT2D eigenvalue weighted by Crippen LogP contribution is -2.27. The minimum atomic E-state index is -0.651. The van der Waals surface area contributed by atoms with Gasteiger partial charge in [0.1, 0.15) is 11.6 Å². The van der Waals surface area contributed by atoms with E-state index in [9.17, 15) is 20.0 Å². The van der Waals surface area contributed by atoms with Gasteiger partial charge in [-0.05, 0) is 43.0 Å². The van der Waals surface area contributed by atoms with E-state index in [1.807, 2.05) is 36.4 Å². The van der Waals surface area contributed by atoms with Crippen molar-refractivity contribution in [3.05, 3.63) is 90.7 Å². The number of carbonyl (C=O) groups is 1. The van der Waals surface area contributed by atoms with Gasteiger partial charge in [-0.25, -0.2) is 0 Å². The molecule has 0 spiro atoms. The quantitative estimate of drug-likeness (QED) is 0.262. The highest BCUT2D eigenvalue weighted by molar-refractivity contribution is 6.38. The largest absolute Gasteiger partial charge is 0.494 e. The van der Waals surface area contributed by atoms with E-state index in [1.54, 1.807) is 0 Å². The van der Waals surface area contributed by atoms with Gasteiger partial charge in [0.25, 0.3) is 5.56 Å². The number of hydrogen-bond donors (Lipinski definition) is 1. The second-order valence-electron chi connectivity index (χ2n) is 8.16. The number of nitriles is 1. The molecule has 0 saturated carbocycles. The fourth-order valence-corrected chi connectivity index (χ4v) is 4.41. The summed E-state index contributed by atoms with van der Waals surface area (Å²) in [7, 11) is 0. The Bertz CT molecular complexity index is 1300. The number of benzene rings is 2. The van der Waals surface area contributed by atoms with Crippen molar-refractivity contribution in [2.75, 3.05) is 6.61 Å². The third kappa shape index (κ3) is 5.87. The second-order valence-corrected chi connectivity index (χ2v) is 8.97. The number of aromatic nitrogens is 1. The molecule has 6 nitrogen and oxygen atoms in total. The van der Waals surface area contributed by atoms with E-state index in [0.717, 1.165) is 29.4 Å². The van der Waals surface area contributed by atoms with Crippen LogP contribution in [-0.2, 0) is 13.0 Å². The molecule has 0 aliphatic rings. The molecule has 1 aromatic heterocycles. The number of aromatic hydroxyl groups is 1. The van der Waals surface area contributed by atoms with E-state index in [1.165, 1.54) is 19.1 Å². The third-order valence-corrected chi connectivity index (χ3v) is 6.31. The number of halogens is 2. The first-order chi connectivity index (χ1) is 16.8. The minimum absolute atomic E-state index is 0.0932. The maximum absolute atomic E-state index is 13.5. The smallest absolute Gasteiger partial charge is 0.271 e. The van der Waals surface area contributed by atoms with Crippen LogP contribution in [0.25, 0.3) is 0 Å². The maximum atomic E-state index is 13.5. The summed E-state index contributed by atoms with van der Waals surface area (Å²) < 4.78 is 6.75. The molecule has 0 saturated heterocycles. The summed E-state index contributed by atoms with van der Waals surface area (Å²) in [5.41, 5.74) is 0.158. The van der Waals surface area contributed by atoms with Crippen molar-refractivity contribution in [2.45, 2.75) is 46.1 Å². The number of hydrogen-bond acceptors (Lipinski definition) is 5. The molecule has 0 aliphatic carbocycles. The standard InChI is InChI=1S/C27H26Cl2N2O4/c1-3-4-8-13-35-25-21(28)14-19(15-22(25)29)24(32)23-17(2)20(16-30)26(33)31(27(23)34)12-11-18-9-6-5-7-10-18/h5-7,9-10,14-15,34H,3-4,8,11-13H2,1-2H3. The van der Waals surface area contributed by atoms with Crippen LogP contribution in [0.1, 0.15) is 58.8 Å². The summed E-state index contributed by atoms with van der Waals surface area (Å²) in [6.07, 6.45) is 3.32. The fraction of sp³-hybridized carbons (Fsp3) is 0.296. The van der Waals surface area contributed by atoms with E-state index in [4.69, 9.17) is 27.9 Å². The van der Waals surface area contributed by atoms with E-state index >= 15 is 0 Å². The van der Waals surface area contributed by atoms with E-state index in [2.05, 4.69) is 6.92 Å². The molecular formula is C27H26Cl2N2O4. The van der Waals surface area contributed by atoms with Gasteiger partial charge < -0.3 is 9.84 Å². The third-order valence-electron chi connectivity index (χ3n) is 5.75. The number of nitrogens with zero attached hydrogens (tertiary/aromatic N) is 2. The van der Waals surface area contributed by atoms with E-state index in [0.29, 0.717) is 13.0 Å². The van der Waals surface area contributed by atoms with Crippen LogP contribution < -0.4 is 10.3 Å². The molecule has 0 unspecified atom stereocenters. The van der Waals surface area contributed by atoms with Gasteiger partial charge in [0.05, 0.1) is 22.2 Å². The average Bonchev–Trinajstić information content (AvgIpc) is 2.83. The highest BCUT2D eigenvalue weighted by Gasteiger charge is 2.26. The first-order valence-electron chi connectivity index (χ1n) is 11.4. The molecule has 2 aromatic carbocycles. The highest BCUT2D eigenvalue weighted by atomic mass is 35.5. The Labute approximate surface area is 214 Å². The predicted octanol–water partition coefficient (Wildman–Crippen LogP) is 6.08. The highest BCUT2D eigenvalue weighted by Crippen LogP contribution is 2.36. The lowest BCUT2D eigenvalue weighted by molar-refractivity contribution is 0.103. The molecule has 8 heteroatoms. The number of aryl methyl sites for hydroxylation is 1. The van der Waals surface area contributed by atoms with Gasteiger partial charge in [-0.2, -0.15) is 5.26 Å². The van der Waals surface area contributed by atoms with Gasteiger partial charge in [-0.3, -0.25) is 14.2 Å². The summed E-state index contributed by atoms with van der Waals surface area (Å²) in [5.74, 6) is -0.821. The van der Waals surface area contributed by atoms with Crippen LogP contribution in [0, 0.1) is 18.3 Å². The Balaban J connectivity index is 2.00. The summed E-state index contributed by atoms with van der Waals surface area (Å²) >= 11 is 12.7. The molecule has 182 valence electrons. The number of ketones is 1. The van der Waals surface area contributed by atoms with Crippen molar-refractivity contribution >= 4 is 29.0 Å². The monoisotopic (exact) mass is 512 g/mol. The SMILES string of the molecule is CCCCCOc1c(Cl)cc(C(=O)c2c(C)c(C#N)c(=O)n(CCc3ccccc3)c2O)cc1Cl. The molecule has 0 bridgehead atoms. The van der Waals surface area contributed by atoms with Crippen LogP contribution >= 0.6 is 23.2 Å². The molecule has 3 aromatic rings. The number of pyridine rings is 1. The van der Waals surface area contributed by atoms with Crippen LogP contribution in [0.2, 0.25) is 10.0 Å². The summed E-state index contributed by atoms with van der Waals surface area (Å²) in [4.78, 5) is 26.4. The van der Waals surface area contributed by atoms with E-state index in [-0.39, 0.29) is 44.6 Å². The first-order valence-corrected chi connectivity index (χ1v) is 12.1. The van der Waals surface area contributed by atoms with Gasteiger partial charge in [0.2, 0.25) is 5.88 Å². The zero-order valence-corrected chi connectivity index (χ0v) is 21.1. The van der Waals surface area contributed by atoms with Gasteiger partial charge in [-0.1, -0.05) is 73.3 Å². The van der Waals surface area contributed by atoms with Crippen molar-refractivity contribution in [1.82, 2.24) is 4.57 Å². The zero-order chi connectivity index (χ0) is 25.5. The van der Waals surface area contributed by atoms with Crippen LogP contribution in [0.15, 0.2) is 47.3 Å². The van der Waals surface area contributed by atoms with Crippen LogP contribution in [0.5, 0.6) is 11.6 Å². The number of carbonyl (C=O) groups excluding carboxylic acids is 1. The maximum Gasteiger partial charge on any atom is 0.271 e. The molecule has 3 rings (SSSR count). The number of unbranched alkanes of at least 4 members (excludes halogenated alkanes) is 2. The van der Waals surface area contributed by atoms with Gasteiger partial charge in [0.15, 0.2) is 11.5 Å². The topological polar surface area (TPSA) is 92.3 Å². The normalized spacial score (nSPS) is 10.7. The molecule has 0 atom stereocenters. The summed E-state index contributed by atoms with van der Waals surface area (Å²) in [6, 6.07) is 14.1. The Morgan fingerprint density at radius 3 is 2.40 bits per heavy atom. The average molecular weight is 513 g/mol. The fourth-order valence-electron chi connectivity index (χ4n) is 3.82. The number of rotatable bonds is 10. The zero-order valence-electron chi connectivity index (χ0n) is 19.6. The first kappa shape index (κ1) is 26.3. The molecular weight excluding hydrogens is 487 g/mol. The van der Waals surface area contributed by atoms with Gasteiger partial charge >= 0.3 is 0 Å². The second kappa shape index (κ2) is 11.9. The Morgan fingerprint density at radius 1 is 1.14 bits per heavy atom. The Morgan fingerprint density at radius 2 is 1.80 bits per heavy atom. The lowest BCUT2D eigenvalue weighted by Gasteiger charge is -2.16. The minimum Gasteiger partial charge on any atom is -0.494 e. The van der Waals surface area contributed by atoms with E-state index < -0.39 is 17.2 Å². The van der Waals surface area contributed by atoms with Crippen molar-refractivity contribution in [2.24, 2.45) is 0 Å². The molecule has 0 amide bonds.